The molecule has 0 heterocycles. The van der Waals surface area contributed by atoms with Crippen LogP contribution in [-0.4, -0.2) is 37.2 Å². The number of unbranched alkanes of at least 4 members (excludes halogenated alkanes) is 47. The van der Waals surface area contributed by atoms with Crippen molar-refractivity contribution in [1.82, 2.24) is 0 Å². The van der Waals surface area contributed by atoms with Gasteiger partial charge >= 0.3 is 17.9 Å². The molecule has 0 bridgehead atoms. The highest BCUT2D eigenvalue weighted by Crippen LogP contribution is 2.18. The van der Waals surface area contributed by atoms with E-state index in [4.69, 9.17) is 14.2 Å². The highest BCUT2D eigenvalue weighted by Gasteiger charge is 2.19. The second-order valence-corrected chi connectivity index (χ2v) is 24.9. The molecule has 83 heavy (non-hydrogen) atoms. The fourth-order valence-corrected chi connectivity index (χ4v) is 11.0. The monoisotopic (exact) mass is 1160 g/mol. The van der Waals surface area contributed by atoms with E-state index in [1.165, 1.54) is 263 Å². The third-order valence-corrected chi connectivity index (χ3v) is 16.5. The van der Waals surface area contributed by atoms with Gasteiger partial charge in [-0.2, -0.15) is 0 Å². The van der Waals surface area contributed by atoms with Crippen LogP contribution in [-0.2, 0) is 28.6 Å². The average Bonchev–Trinajstić information content (AvgIpc) is 3.49. The maximum Gasteiger partial charge on any atom is 0.306 e. The number of esters is 3. The Bertz CT molecular complexity index is 1470. The minimum Gasteiger partial charge on any atom is -0.462 e. The smallest absolute Gasteiger partial charge is 0.306 e. The molecule has 0 aliphatic carbocycles. The Kier molecular flexibility index (Phi) is 69.1. The van der Waals surface area contributed by atoms with Gasteiger partial charge in [0.25, 0.3) is 0 Å². The van der Waals surface area contributed by atoms with Gasteiger partial charge < -0.3 is 14.2 Å². The highest BCUT2D eigenvalue weighted by molar-refractivity contribution is 5.71. The summed E-state index contributed by atoms with van der Waals surface area (Å²) in [6, 6.07) is 0. The summed E-state index contributed by atoms with van der Waals surface area (Å²) in [5.41, 5.74) is 0. The second kappa shape index (κ2) is 71.6. The number of ether oxygens (including phenoxy) is 3. The summed E-state index contributed by atoms with van der Waals surface area (Å²) in [6.45, 7) is 6.66. The molecule has 1 unspecified atom stereocenters. The fraction of sp³-hybridized carbons (Fsp3) is 0.831. The molecule has 484 valence electrons. The van der Waals surface area contributed by atoms with E-state index < -0.39 is 6.10 Å². The molecule has 6 nitrogen and oxygen atoms in total. The lowest BCUT2D eigenvalue weighted by Gasteiger charge is -2.18. The summed E-state index contributed by atoms with van der Waals surface area (Å²) in [6.07, 6.45) is 92.5. The molecule has 0 saturated carbocycles. The minimum atomic E-state index is -0.781. The number of rotatable bonds is 68. The first-order chi connectivity index (χ1) is 41.0. The third-order valence-electron chi connectivity index (χ3n) is 16.5. The largest absolute Gasteiger partial charge is 0.462 e. The van der Waals surface area contributed by atoms with Gasteiger partial charge in [-0.05, 0) is 89.9 Å². The van der Waals surface area contributed by atoms with Crippen molar-refractivity contribution in [3.8, 4) is 0 Å². The van der Waals surface area contributed by atoms with Crippen LogP contribution in [0.3, 0.4) is 0 Å². The van der Waals surface area contributed by atoms with Crippen LogP contribution >= 0.6 is 0 Å². The molecule has 0 fully saturated rings. The Morgan fingerprint density at radius 2 is 0.434 bits per heavy atom. The molecule has 0 aromatic carbocycles. The van der Waals surface area contributed by atoms with Crippen molar-refractivity contribution >= 4 is 17.9 Å². The zero-order valence-corrected chi connectivity index (χ0v) is 55.7. The summed E-state index contributed by atoms with van der Waals surface area (Å²) in [5.74, 6) is -0.865. The number of hydrogen-bond acceptors (Lipinski definition) is 6. The molecule has 0 aliphatic heterocycles. The normalized spacial score (nSPS) is 12.4. The summed E-state index contributed by atoms with van der Waals surface area (Å²) in [5, 5.41) is 0. The molecular weight excluding hydrogens is 1020 g/mol. The Labute approximate surface area is 517 Å². The van der Waals surface area contributed by atoms with E-state index in [1.54, 1.807) is 0 Å². The minimum absolute atomic E-state index is 0.0758. The average molecular weight is 1160 g/mol. The van der Waals surface area contributed by atoms with Crippen LogP contribution in [0.1, 0.15) is 393 Å². The SMILES string of the molecule is CCCCC/C=C\C/C=C\CCCCCCCC(=O)OCC(COC(=O)CCCCCCCCCCCCCC/C=C\C/C=C\C/C=C\CCCCCCC)OC(=O)CCCCCCCCCCCCCCCCCCCCCCCCC. The molecule has 0 rings (SSSR count). The zero-order chi connectivity index (χ0) is 59.9. The molecule has 0 aliphatic rings. The van der Waals surface area contributed by atoms with Crippen LogP contribution in [0.5, 0.6) is 0 Å². The van der Waals surface area contributed by atoms with Crippen molar-refractivity contribution < 1.29 is 28.6 Å². The summed E-state index contributed by atoms with van der Waals surface area (Å²) < 4.78 is 17.0. The molecule has 0 N–H and O–H groups in total. The predicted octanol–water partition coefficient (Wildman–Crippen LogP) is 25.5. The van der Waals surface area contributed by atoms with E-state index in [0.717, 1.165) is 89.9 Å². The highest BCUT2D eigenvalue weighted by atomic mass is 16.6. The maximum atomic E-state index is 13.0. The standard InChI is InChI=1S/C77H140O6/c1-4-7-10-13-16-19-22-25-28-30-32-34-36-37-38-39-41-42-44-46-49-52-55-58-61-64-67-70-76(79)82-73-74(72-81-75(78)69-66-63-60-57-54-51-48-27-24-21-18-15-12-9-6-3)83-77(80)71-68-65-62-59-56-53-50-47-45-43-40-35-33-31-29-26-23-20-17-14-11-8-5-2/h18,21-22,25,27,30,32,36-37,48,74H,4-17,19-20,23-24,26,28-29,31,33-35,38-47,49-73H2,1-3H3/b21-18-,25-22-,32-30-,37-36-,48-27-. The van der Waals surface area contributed by atoms with Crippen molar-refractivity contribution in [3.63, 3.8) is 0 Å². The van der Waals surface area contributed by atoms with Crippen molar-refractivity contribution in [2.45, 2.75) is 399 Å². The van der Waals surface area contributed by atoms with E-state index in [-0.39, 0.29) is 31.1 Å². The van der Waals surface area contributed by atoms with E-state index in [9.17, 15) is 14.4 Å². The summed E-state index contributed by atoms with van der Waals surface area (Å²) in [7, 11) is 0. The first-order valence-electron chi connectivity index (χ1n) is 36.8. The molecule has 1 atom stereocenters. The quantitative estimate of drug-likeness (QED) is 0.0261. The van der Waals surface area contributed by atoms with Crippen molar-refractivity contribution in [2.75, 3.05) is 13.2 Å². The van der Waals surface area contributed by atoms with Gasteiger partial charge in [-0.1, -0.05) is 345 Å². The first kappa shape index (κ1) is 80.1. The van der Waals surface area contributed by atoms with Gasteiger partial charge in [0, 0.05) is 19.3 Å². The lowest BCUT2D eigenvalue weighted by Crippen LogP contribution is -2.30. The molecule has 0 aromatic heterocycles. The summed E-state index contributed by atoms with van der Waals surface area (Å²) >= 11 is 0. The van der Waals surface area contributed by atoms with Gasteiger partial charge in [0.2, 0.25) is 0 Å². The predicted molar refractivity (Wildman–Crippen MR) is 362 cm³/mol. The second-order valence-electron chi connectivity index (χ2n) is 24.9. The number of carbonyl (C=O) groups is 3. The van der Waals surface area contributed by atoms with E-state index in [0.29, 0.717) is 19.3 Å². The maximum absolute atomic E-state index is 13.0. The van der Waals surface area contributed by atoms with E-state index in [2.05, 4.69) is 81.5 Å². The Hall–Kier alpha value is -2.89. The lowest BCUT2D eigenvalue weighted by molar-refractivity contribution is -0.167. The van der Waals surface area contributed by atoms with Crippen LogP contribution in [0.2, 0.25) is 0 Å². The van der Waals surface area contributed by atoms with Crippen LogP contribution in [0, 0.1) is 0 Å². The van der Waals surface area contributed by atoms with Crippen LogP contribution in [0.25, 0.3) is 0 Å². The van der Waals surface area contributed by atoms with Gasteiger partial charge in [-0.3, -0.25) is 14.4 Å². The first-order valence-corrected chi connectivity index (χ1v) is 36.8. The van der Waals surface area contributed by atoms with Gasteiger partial charge in [-0.25, -0.2) is 0 Å². The molecule has 0 amide bonds. The number of allylic oxidation sites excluding steroid dienone is 10. The molecule has 6 heteroatoms. The van der Waals surface area contributed by atoms with Gasteiger partial charge in [0.1, 0.15) is 13.2 Å². The van der Waals surface area contributed by atoms with Crippen LogP contribution in [0.15, 0.2) is 60.8 Å². The van der Waals surface area contributed by atoms with Crippen molar-refractivity contribution in [1.29, 1.82) is 0 Å². The van der Waals surface area contributed by atoms with Gasteiger partial charge in [0.05, 0.1) is 0 Å². The Balaban J connectivity index is 4.28. The number of carbonyl (C=O) groups excluding carboxylic acids is 3. The van der Waals surface area contributed by atoms with E-state index >= 15 is 0 Å². The summed E-state index contributed by atoms with van der Waals surface area (Å²) in [4.78, 5) is 38.5. The third kappa shape index (κ3) is 69.8. The van der Waals surface area contributed by atoms with E-state index in [1.807, 2.05) is 0 Å². The van der Waals surface area contributed by atoms with Gasteiger partial charge in [0.15, 0.2) is 6.10 Å². The lowest BCUT2D eigenvalue weighted by atomic mass is 10.0. The Morgan fingerprint density at radius 1 is 0.241 bits per heavy atom. The molecule has 0 saturated heterocycles. The number of hydrogen-bond donors (Lipinski definition) is 0. The van der Waals surface area contributed by atoms with Crippen molar-refractivity contribution in [2.24, 2.45) is 0 Å². The molecule has 0 aromatic rings. The molecule has 0 radical (unpaired) electrons. The van der Waals surface area contributed by atoms with Gasteiger partial charge in [-0.15, -0.1) is 0 Å². The zero-order valence-electron chi connectivity index (χ0n) is 55.7. The van der Waals surface area contributed by atoms with Crippen molar-refractivity contribution in [3.05, 3.63) is 60.8 Å². The van der Waals surface area contributed by atoms with Crippen LogP contribution in [0.4, 0.5) is 0 Å². The molecule has 0 spiro atoms. The fourth-order valence-electron chi connectivity index (χ4n) is 11.0. The molecular formula is C77H140O6. The van der Waals surface area contributed by atoms with Crippen LogP contribution < -0.4 is 0 Å². The Morgan fingerprint density at radius 3 is 0.699 bits per heavy atom. The topological polar surface area (TPSA) is 78.9 Å².